The highest BCUT2D eigenvalue weighted by molar-refractivity contribution is 9.10. The largest absolute Gasteiger partial charge is 0.740 e. The average molecular weight is 328 g/mol. The van der Waals surface area contributed by atoms with Crippen LogP contribution in [-0.2, 0) is 11.4 Å². The molecule has 0 N–H and O–H groups in total. The minimum absolute atomic E-state index is 0.242. The van der Waals surface area contributed by atoms with Gasteiger partial charge in [0.25, 0.3) is 0 Å². The monoisotopic (exact) mass is 327 g/mol. The van der Waals surface area contributed by atoms with E-state index in [-0.39, 0.29) is 5.75 Å². The Labute approximate surface area is 115 Å². The first-order valence-electron chi connectivity index (χ1n) is 4.94. The summed E-state index contributed by atoms with van der Waals surface area (Å²) in [4.78, 5) is 0. The van der Waals surface area contributed by atoms with Crippen molar-refractivity contribution in [3.63, 3.8) is 0 Å². The standard InChI is InChI=1S/C12H9BrO4S/c13-9-1-3-10(4-2-9)16-11-5-7-12(8-6-11)17-18(14)15/h1-8H,(H,14,15)/p-1. The van der Waals surface area contributed by atoms with E-state index < -0.39 is 11.4 Å². The summed E-state index contributed by atoms with van der Waals surface area (Å²) >= 11 is 0.773. The Morgan fingerprint density at radius 3 is 1.83 bits per heavy atom. The minimum Gasteiger partial charge on any atom is -0.740 e. The Kier molecular flexibility index (Phi) is 4.35. The Bertz CT molecular complexity index is 539. The van der Waals surface area contributed by atoms with Gasteiger partial charge < -0.3 is 13.5 Å². The molecule has 2 aromatic rings. The first-order valence-corrected chi connectivity index (χ1v) is 6.74. The van der Waals surface area contributed by atoms with Crippen LogP contribution < -0.4 is 8.92 Å². The highest BCUT2D eigenvalue weighted by atomic mass is 79.9. The fraction of sp³-hybridized carbons (Fsp3) is 0. The number of halogens is 1. The van der Waals surface area contributed by atoms with Gasteiger partial charge in [-0.2, -0.15) is 0 Å². The molecule has 0 radical (unpaired) electrons. The third kappa shape index (κ3) is 3.83. The molecule has 0 amide bonds. The quantitative estimate of drug-likeness (QED) is 0.807. The predicted molar refractivity (Wildman–Crippen MR) is 70.2 cm³/mol. The van der Waals surface area contributed by atoms with E-state index in [0.717, 1.165) is 4.47 Å². The predicted octanol–water partition coefficient (Wildman–Crippen LogP) is 3.41. The summed E-state index contributed by atoms with van der Waals surface area (Å²) in [5.41, 5.74) is 0. The van der Waals surface area contributed by atoms with E-state index in [4.69, 9.17) is 4.74 Å². The Morgan fingerprint density at radius 1 is 0.889 bits per heavy atom. The lowest BCUT2D eigenvalue weighted by molar-refractivity contribution is 0.439. The first kappa shape index (κ1) is 13.1. The van der Waals surface area contributed by atoms with Gasteiger partial charge in [-0.15, -0.1) is 0 Å². The molecule has 18 heavy (non-hydrogen) atoms. The molecule has 94 valence electrons. The molecule has 0 aliphatic carbocycles. The Hall–Kier alpha value is -1.37. The van der Waals surface area contributed by atoms with E-state index in [2.05, 4.69) is 20.1 Å². The van der Waals surface area contributed by atoms with Gasteiger partial charge >= 0.3 is 0 Å². The molecule has 1 atom stereocenters. The zero-order valence-corrected chi connectivity index (χ0v) is 11.4. The van der Waals surface area contributed by atoms with Crippen molar-refractivity contribution in [2.75, 3.05) is 0 Å². The van der Waals surface area contributed by atoms with Gasteiger partial charge in [-0.1, -0.05) is 15.9 Å². The van der Waals surface area contributed by atoms with Crippen molar-refractivity contribution in [1.29, 1.82) is 0 Å². The fourth-order valence-corrected chi connectivity index (χ4v) is 1.81. The number of rotatable bonds is 4. The maximum atomic E-state index is 10.3. The number of benzene rings is 2. The molecule has 0 spiro atoms. The van der Waals surface area contributed by atoms with Gasteiger partial charge in [0, 0.05) is 4.47 Å². The highest BCUT2D eigenvalue weighted by Gasteiger charge is 1.99. The molecule has 4 nitrogen and oxygen atoms in total. The summed E-state index contributed by atoms with van der Waals surface area (Å²) < 4.78 is 31.7. The lowest BCUT2D eigenvalue weighted by Crippen LogP contribution is -1.97. The molecule has 0 aliphatic heterocycles. The molecule has 0 saturated carbocycles. The van der Waals surface area contributed by atoms with Gasteiger partial charge in [-0.25, -0.2) is 4.21 Å². The summed E-state index contributed by atoms with van der Waals surface area (Å²) in [6.45, 7) is 0. The third-order valence-electron chi connectivity index (χ3n) is 2.04. The van der Waals surface area contributed by atoms with Crippen LogP contribution in [0.15, 0.2) is 53.0 Å². The van der Waals surface area contributed by atoms with Crippen LogP contribution in [-0.4, -0.2) is 8.76 Å². The van der Waals surface area contributed by atoms with Crippen LogP contribution in [0.5, 0.6) is 17.2 Å². The van der Waals surface area contributed by atoms with E-state index in [0.29, 0.717) is 11.5 Å². The maximum absolute atomic E-state index is 10.3. The number of ether oxygens (including phenoxy) is 1. The van der Waals surface area contributed by atoms with Gasteiger partial charge in [-0.3, -0.25) is 0 Å². The molecule has 0 fully saturated rings. The van der Waals surface area contributed by atoms with E-state index in [9.17, 15) is 8.76 Å². The Balaban J connectivity index is 2.06. The summed E-state index contributed by atoms with van der Waals surface area (Å²) in [5, 5.41) is 0. The van der Waals surface area contributed by atoms with Crippen molar-refractivity contribution in [2.45, 2.75) is 0 Å². The molecule has 2 aromatic carbocycles. The molecular weight excluding hydrogens is 320 g/mol. The second-order valence-corrected chi connectivity index (χ2v) is 4.81. The topological polar surface area (TPSA) is 58.6 Å². The summed E-state index contributed by atoms with van der Waals surface area (Å²) in [5.74, 6) is 1.53. The minimum atomic E-state index is -2.56. The maximum Gasteiger partial charge on any atom is 0.139 e. The normalized spacial score (nSPS) is 11.9. The zero-order chi connectivity index (χ0) is 13.0. The van der Waals surface area contributed by atoms with E-state index >= 15 is 0 Å². The van der Waals surface area contributed by atoms with Gasteiger partial charge in [-0.05, 0) is 48.5 Å². The lowest BCUT2D eigenvalue weighted by Gasteiger charge is -2.08. The van der Waals surface area contributed by atoms with Crippen molar-refractivity contribution in [1.82, 2.24) is 0 Å². The second kappa shape index (κ2) is 5.99. The van der Waals surface area contributed by atoms with Crippen LogP contribution in [0.3, 0.4) is 0 Å². The number of hydrogen-bond donors (Lipinski definition) is 0. The molecular formula is C12H8BrO4S-. The van der Waals surface area contributed by atoms with Crippen LogP contribution in [0.2, 0.25) is 0 Å². The molecule has 0 aliphatic rings. The first-order chi connectivity index (χ1) is 8.63. The smallest absolute Gasteiger partial charge is 0.139 e. The van der Waals surface area contributed by atoms with Crippen LogP contribution in [0.4, 0.5) is 0 Å². The van der Waals surface area contributed by atoms with E-state index in [1.807, 2.05) is 24.3 Å². The summed E-state index contributed by atoms with van der Waals surface area (Å²) in [6, 6.07) is 13.7. The molecule has 0 heterocycles. The molecule has 0 saturated heterocycles. The van der Waals surface area contributed by atoms with Crippen molar-refractivity contribution < 1.29 is 17.7 Å². The van der Waals surface area contributed by atoms with Crippen molar-refractivity contribution in [3.05, 3.63) is 53.0 Å². The second-order valence-electron chi connectivity index (χ2n) is 3.31. The molecule has 0 bridgehead atoms. The van der Waals surface area contributed by atoms with Crippen molar-refractivity contribution in [3.8, 4) is 17.2 Å². The van der Waals surface area contributed by atoms with Gasteiger partial charge in [0.1, 0.15) is 28.6 Å². The van der Waals surface area contributed by atoms with Gasteiger partial charge in [0.05, 0.1) is 0 Å². The van der Waals surface area contributed by atoms with E-state index in [1.165, 1.54) is 12.1 Å². The van der Waals surface area contributed by atoms with Crippen molar-refractivity contribution >= 4 is 27.3 Å². The average Bonchev–Trinajstić information content (AvgIpc) is 2.34. The number of hydrogen-bond acceptors (Lipinski definition) is 4. The third-order valence-corrected chi connectivity index (χ3v) is 2.89. The van der Waals surface area contributed by atoms with Crippen LogP contribution >= 0.6 is 15.9 Å². The molecule has 6 heteroatoms. The molecule has 0 aromatic heterocycles. The van der Waals surface area contributed by atoms with Crippen LogP contribution in [0, 0.1) is 0 Å². The Morgan fingerprint density at radius 2 is 1.33 bits per heavy atom. The SMILES string of the molecule is O=S([O-])Oc1ccc(Oc2ccc(Br)cc2)cc1. The lowest BCUT2D eigenvalue weighted by atomic mass is 10.3. The summed E-state index contributed by atoms with van der Waals surface area (Å²) in [6.07, 6.45) is 0. The van der Waals surface area contributed by atoms with Crippen molar-refractivity contribution in [2.24, 2.45) is 0 Å². The zero-order valence-electron chi connectivity index (χ0n) is 9.04. The van der Waals surface area contributed by atoms with Gasteiger partial charge in [0.15, 0.2) is 0 Å². The van der Waals surface area contributed by atoms with E-state index in [1.54, 1.807) is 12.1 Å². The van der Waals surface area contributed by atoms with Crippen LogP contribution in [0.25, 0.3) is 0 Å². The molecule has 1 unspecified atom stereocenters. The highest BCUT2D eigenvalue weighted by Crippen LogP contribution is 2.25. The summed E-state index contributed by atoms with van der Waals surface area (Å²) in [7, 11) is 0. The van der Waals surface area contributed by atoms with Gasteiger partial charge in [0.2, 0.25) is 0 Å². The molecule has 2 rings (SSSR count). The fourth-order valence-electron chi connectivity index (χ4n) is 1.28. The van der Waals surface area contributed by atoms with Crippen LogP contribution in [0.1, 0.15) is 0 Å².